The Morgan fingerprint density at radius 3 is 2.50 bits per heavy atom. The minimum absolute atomic E-state index is 0.00617. The summed E-state index contributed by atoms with van der Waals surface area (Å²) in [7, 11) is -1.51. The summed E-state index contributed by atoms with van der Waals surface area (Å²) in [5.74, 6) is 0.506. The summed E-state index contributed by atoms with van der Waals surface area (Å²) < 4.78 is 6.51. The minimum Gasteiger partial charge on any atom is -0.411 e. The molecule has 0 aromatic rings. The van der Waals surface area contributed by atoms with Crippen molar-refractivity contribution < 1.29 is 4.43 Å². The quantitative estimate of drug-likeness (QED) is 0.505. The number of hydrogen-bond donors (Lipinski definition) is 0. The van der Waals surface area contributed by atoms with Crippen LogP contribution in [0.2, 0.25) is 19.6 Å². The van der Waals surface area contributed by atoms with Crippen LogP contribution in [0.15, 0.2) is 25.3 Å². The second kappa shape index (κ2) is 5.33. The molecule has 92 valence electrons. The van der Waals surface area contributed by atoms with Crippen molar-refractivity contribution in [2.75, 3.05) is 0 Å². The molecule has 16 heavy (non-hydrogen) atoms. The molecule has 0 aromatic heterocycles. The molecule has 1 aliphatic carbocycles. The molecule has 0 spiro atoms. The van der Waals surface area contributed by atoms with Crippen LogP contribution in [0.1, 0.15) is 32.1 Å². The predicted octanol–water partition coefficient (Wildman–Crippen LogP) is 4.53. The zero-order chi connectivity index (χ0) is 12.2. The van der Waals surface area contributed by atoms with E-state index in [1.165, 1.54) is 25.7 Å². The molecule has 2 atom stereocenters. The van der Waals surface area contributed by atoms with Gasteiger partial charge in [-0.15, -0.1) is 13.2 Å². The average molecular weight is 238 g/mol. The molecule has 0 bridgehead atoms. The molecule has 1 nitrogen and oxygen atoms in total. The standard InChI is InChI=1S/C14H26OSi/c1-6-11-14(15-16(3,4)5)12-9-8-10-13(14)7-2/h6-7,13H,1-2,8-12H2,3-5H3/t13-,14+/m0/s1. The average Bonchev–Trinajstić information content (AvgIpc) is 2.16. The highest BCUT2D eigenvalue weighted by Crippen LogP contribution is 2.42. The van der Waals surface area contributed by atoms with Gasteiger partial charge in [-0.2, -0.15) is 0 Å². The number of hydrogen-bond acceptors (Lipinski definition) is 1. The fraction of sp³-hybridized carbons (Fsp3) is 0.714. The molecule has 0 amide bonds. The molecule has 0 saturated heterocycles. The summed E-state index contributed by atoms with van der Waals surface area (Å²) >= 11 is 0. The summed E-state index contributed by atoms with van der Waals surface area (Å²) in [6, 6.07) is 0. The van der Waals surface area contributed by atoms with Gasteiger partial charge in [-0.3, -0.25) is 0 Å². The van der Waals surface area contributed by atoms with Gasteiger partial charge in [0.2, 0.25) is 0 Å². The SMILES string of the molecule is C=CC[C@@]1(O[Si](C)(C)C)CCCC[C@@H]1C=C. The number of rotatable bonds is 5. The maximum absolute atomic E-state index is 6.51. The monoisotopic (exact) mass is 238 g/mol. The van der Waals surface area contributed by atoms with E-state index in [4.69, 9.17) is 4.43 Å². The lowest BCUT2D eigenvalue weighted by Gasteiger charge is -2.46. The molecule has 0 heterocycles. The van der Waals surface area contributed by atoms with Gasteiger partial charge in [0.15, 0.2) is 8.32 Å². The Balaban J connectivity index is 2.91. The van der Waals surface area contributed by atoms with Crippen LogP contribution in [0.4, 0.5) is 0 Å². The van der Waals surface area contributed by atoms with Crippen LogP contribution in [0.5, 0.6) is 0 Å². The molecule has 1 saturated carbocycles. The van der Waals surface area contributed by atoms with Crippen LogP contribution in [0, 0.1) is 5.92 Å². The highest BCUT2D eigenvalue weighted by molar-refractivity contribution is 6.69. The Hall–Kier alpha value is -0.343. The molecule has 1 rings (SSSR count). The van der Waals surface area contributed by atoms with Crippen molar-refractivity contribution in [1.29, 1.82) is 0 Å². The lowest BCUT2D eigenvalue weighted by molar-refractivity contribution is -0.00907. The lowest BCUT2D eigenvalue weighted by Crippen LogP contribution is -2.48. The van der Waals surface area contributed by atoms with Crippen LogP contribution in [0.3, 0.4) is 0 Å². The third-order valence-electron chi connectivity index (χ3n) is 3.32. The Morgan fingerprint density at radius 2 is 2.00 bits per heavy atom. The van der Waals surface area contributed by atoms with Crippen LogP contribution in [-0.2, 0) is 4.43 Å². The first-order chi connectivity index (χ1) is 7.43. The Kier molecular flexibility index (Phi) is 4.57. The molecule has 0 N–H and O–H groups in total. The fourth-order valence-electron chi connectivity index (χ4n) is 2.85. The Labute approximate surface area is 102 Å². The van der Waals surface area contributed by atoms with Crippen LogP contribution in [0.25, 0.3) is 0 Å². The second-order valence-corrected chi connectivity index (χ2v) is 10.3. The van der Waals surface area contributed by atoms with Crippen molar-refractivity contribution in [1.82, 2.24) is 0 Å². The van der Waals surface area contributed by atoms with Crippen molar-refractivity contribution >= 4 is 8.32 Å². The van der Waals surface area contributed by atoms with E-state index in [1.54, 1.807) is 0 Å². The Bertz CT molecular complexity index is 254. The molecule has 2 heteroatoms. The van der Waals surface area contributed by atoms with E-state index >= 15 is 0 Å². The van der Waals surface area contributed by atoms with E-state index in [0.29, 0.717) is 5.92 Å². The first kappa shape index (κ1) is 13.7. The second-order valence-electron chi connectivity index (χ2n) is 5.86. The van der Waals surface area contributed by atoms with E-state index in [1.807, 2.05) is 6.08 Å². The first-order valence-corrected chi connectivity index (χ1v) is 9.78. The molecule has 0 unspecified atom stereocenters. The van der Waals surface area contributed by atoms with Gasteiger partial charge in [0.05, 0.1) is 5.60 Å². The van der Waals surface area contributed by atoms with Gasteiger partial charge in [0.1, 0.15) is 0 Å². The summed E-state index contributed by atoms with van der Waals surface area (Å²) in [6.07, 6.45) is 10.1. The van der Waals surface area contributed by atoms with Gasteiger partial charge in [-0.25, -0.2) is 0 Å². The topological polar surface area (TPSA) is 9.23 Å². The van der Waals surface area contributed by atoms with E-state index in [2.05, 4.69) is 38.9 Å². The summed E-state index contributed by atoms with van der Waals surface area (Å²) in [6.45, 7) is 14.7. The van der Waals surface area contributed by atoms with Crippen molar-refractivity contribution in [3.63, 3.8) is 0 Å². The van der Waals surface area contributed by atoms with Crippen molar-refractivity contribution in [3.8, 4) is 0 Å². The van der Waals surface area contributed by atoms with Gasteiger partial charge in [-0.1, -0.05) is 25.0 Å². The third-order valence-corrected chi connectivity index (χ3v) is 4.34. The first-order valence-electron chi connectivity index (χ1n) is 6.37. The zero-order valence-corrected chi connectivity index (χ0v) is 12.1. The maximum Gasteiger partial charge on any atom is 0.184 e. The van der Waals surface area contributed by atoms with E-state index in [9.17, 15) is 0 Å². The van der Waals surface area contributed by atoms with Crippen LogP contribution in [-0.4, -0.2) is 13.9 Å². The molecule has 0 aromatic carbocycles. The smallest absolute Gasteiger partial charge is 0.184 e. The predicted molar refractivity (Wildman–Crippen MR) is 74.1 cm³/mol. The zero-order valence-electron chi connectivity index (χ0n) is 11.1. The van der Waals surface area contributed by atoms with Crippen LogP contribution >= 0.6 is 0 Å². The molecular weight excluding hydrogens is 212 g/mol. The highest BCUT2D eigenvalue weighted by Gasteiger charge is 2.41. The van der Waals surface area contributed by atoms with E-state index in [-0.39, 0.29) is 5.60 Å². The van der Waals surface area contributed by atoms with Gasteiger partial charge in [-0.05, 0) is 38.9 Å². The minimum atomic E-state index is -1.51. The van der Waals surface area contributed by atoms with Gasteiger partial charge >= 0.3 is 0 Å². The summed E-state index contributed by atoms with van der Waals surface area (Å²) in [5.41, 5.74) is 0.00617. The summed E-state index contributed by atoms with van der Waals surface area (Å²) in [4.78, 5) is 0. The molecular formula is C14H26OSi. The molecule has 0 aliphatic heterocycles. The van der Waals surface area contributed by atoms with Gasteiger partial charge in [0, 0.05) is 5.92 Å². The van der Waals surface area contributed by atoms with Crippen LogP contribution < -0.4 is 0 Å². The molecule has 1 fully saturated rings. The third kappa shape index (κ3) is 3.32. The Morgan fingerprint density at radius 1 is 1.31 bits per heavy atom. The normalized spacial score (nSPS) is 31.1. The molecule has 0 radical (unpaired) electrons. The lowest BCUT2D eigenvalue weighted by atomic mass is 9.73. The highest BCUT2D eigenvalue weighted by atomic mass is 28.4. The van der Waals surface area contributed by atoms with Gasteiger partial charge < -0.3 is 4.43 Å². The van der Waals surface area contributed by atoms with Gasteiger partial charge in [0.25, 0.3) is 0 Å². The largest absolute Gasteiger partial charge is 0.411 e. The van der Waals surface area contributed by atoms with Crippen molar-refractivity contribution in [2.24, 2.45) is 5.92 Å². The molecule has 1 aliphatic rings. The van der Waals surface area contributed by atoms with E-state index in [0.717, 1.165) is 6.42 Å². The van der Waals surface area contributed by atoms with E-state index < -0.39 is 8.32 Å². The summed E-state index contributed by atoms with van der Waals surface area (Å²) in [5, 5.41) is 0. The maximum atomic E-state index is 6.51. The van der Waals surface area contributed by atoms with Crippen molar-refractivity contribution in [2.45, 2.75) is 57.3 Å². The fourth-order valence-corrected chi connectivity index (χ4v) is 4.40. The van der Waals surface area contributed by atoms with Crippen molar-refractivity contribution in [3.05, 3.63) is 25.3 Å².